The van der Waals surface area contributed by atoms with Crippen molar-refractivity contribution in [3.63, 3.8) is 0 Å². The van der Waals surface area contributed by atoms with Gasteiger partial charge in [0.25, 0.3) is 5.91 Å². The van der Waals surface area contributed by atoms with E-state index in [-0.39, 0.29) is 5.91 Å². The molecular formula is C24H16F2N2O2. The molecule has 0 saturated heterocycles. The second-order valence-electron chi connectivity index (χ2n) is 6.45. The molecule has 0 atom stereocenters. The molecule has 0 aliphatic carbocycles. The lowest BCUT2D eigenvalue weighted by molar-refractivity contribution is 0.102. The Bertz CT molecular complexity index is 1160. The average Bonchev–Trinajstić information content (AvgIpc) is 2.78. The third kappa shape index (κ3) is 4.50. The molecule has 0 spiro atoms. The topological polar surface area (TPSA) is 51.2 Å². The van der Waals surface area contributed by atoms with E-state index in [9.17, 15) is 13.6 Å². The summed E-state index contributed by atoms with van der Waals surface area (Å²) in [6, 6.07) is 23.1. The van der Waals surface area contributed by atoms with Gasteiger partial charge in [0.15, 0.2) is 11.6 Å². The van der Waals surface area contributed by atoms with Crippen molar-refractivity contribution in [2.24, 2.45) is 0 Å². The Kier molecular flexibility index (Phi) is 5.48. The first-order chi connectivity index (χ1) is 14.6. The van der Waals surface area contributed by atoms with E-state index in [1.54, 1.807) is 36.4 Å². The van der Waals surface area contributed by atoms with Crippen LogP contribution >= 0.6 is 0 Å². The average molecular weight is 402 g/mol. The van der Waals surface area contributed by atoms with Crippen molar-refractivity contribution in [2.45, 2.75) is 0 Å². The van der Waals surface area contributed by atoms with Gasteiger partial charge in [-0.1, -0.05) is 18.2 Å². The van der Waals surface area contributed by atoms with Gasteiger partial charge in [0.2, 0.25) is 0 Å². The Morgan fingerprint density at radius 3 is 2.20 bits per heavy atom. The van der Waals surface area contributed by atoms with E-state index in [1.807, 2.05) is 30.3 Å². The summed E-state index contributed by atoms with van der Waals surface area (Å²) in [5.74, 6) is -0.833. The van der Waals surface area contributed by atoms with Crippen LogP contribution in [0.25, 0.3) is 11.3 Å². The molecule has 1 aromatic heterocycles. The lowest BCUT2D eigenvalue weighted by Crippen LogP contribution is -2.12. The molecule has 6 heteroatoms. The number of halogens is 2. The molecule has 4 nitrogen and oxygen atoms in total. The van der Waals surface area contributed by atoms with Crippen LogP contribution in [0.15, 0.2) is 91.1 Å². The predicted octanol–water partition coefficient (Wildman–Crippen LogP) is 6.07. The fraction of sp³-hybridized carbons (Fsp3) is 0. The molecule has 0 bridgehead atoms. The van der Waals surface area contributed by atoms with Crippen molar-refractivity contribution in [1.82, 2.24) is 4.98 Å². The molecule has 1 heterocycles. The minimum absolute atomic E-state index is 0.337. The number of carbonyl (C=O) groups is 1. The number of pyridine rings is 1. The summed E-state index contributed by atoms with van der Waals surface area (Å²) >= 11 is 0. The highest BCUT2D eigenvalue weighted by molar-refractivity contribution is 6.04. The second-order valence-corrected chi connectivity index (χ2v) is 6.45. The molecule has 4 aromatic rings. The Morgan fingerprint density at radius 2 is 1.53 bits per heavy atom. The fourth-order valence-electron chi connectivity index (χ4n) is 2.79. The molecule has 0 aliphatic rings. The van der Waals surface area contributed by atoms with Crippen molar-refractivity contribution in [3.05, 3.63) is 108 Å². The summed E-state index contributed by atoms with van der Waals surface area (Å²) in [5, 5.41) is 2.78. The zero-order valence-corrected chi connectivity index (χ0v) is 15.7. The van der Waals surface area contributed by atoms with Gasteiger partial charge < -0.3 is 10.1 Å². The van der Waals surface area contributed by atoms with E-state index in [2.05, 4.69) is 10.3 Å². The number of anilines is 1. The van der Waals surface area contributed by atoms with Gasteiger partial charge in [0.05, 0.1) is 11.3 Å². The highest BCUT2D eigenvalue weighted by Crippen LogP contribution is 2.23. The van der Waals surface area contributed by atoms with Gasteiger partial charge in [-0.05, 0) is 66.7 Å². The number of nitrogens with one attached hydrogen (secondary N) is 1. The Hall–Kier alpha value is -4.06. The normalized spacial score (nSPS) is 10.5. The van der Waals surface area contributed by atoms with E-state index in [0.717, 1.165) is 17.9 Å². The van der Waals surface area contributed by atoms with E-state index in [4.69, 9.17) is 4.74 Å². The molecule has 1 N–H and O–H groups in total. The number of nitrogens with zero attached hydrogens (tertiary/aromatic N) is 1. The number of benzene rings is 3. The van der Waals surface area contributed by atoms with Crippen molar-refractivity contribution in [3.8, 4) is 22.8 Å². The summed E-state index contributed by atoms with van der Waals surface area (Å²) in [4.78, 5) is 16.6. The highest BCUT2D eigenvalue weighted by atomic mass is 19.2. The van der Waals surface area contributed by atoms with Gasteiger partial charge in [-0.25, -0.2) is 8.78 Å². The van der Waals surface area contributed by atoms with Crippen molar-refractivity contribution in [2.75, 3.05) is 5.32 Å². The molecule has 30 heavy (non-hydrogen) atoms. The molecule has 0 unspecified atom stereocenters. The number of rotatable bonds is 5. The number of aromatic nitrogens is 1. The molecule has 0 aliphatic heterocycles. The van der Waals surface area contributed by atoms with Gasteiger partial charge in [0, 0.05) is 17.4 Å². The van der Waals surface area contributed by atoms with Crippen LogP contribution in [0, 0.1) is 11.6 Å². The number of hydrogen-bond donors (Lipinski definition) is 1. The molecule has 4 rings (SSSR count). The number of amides is 1. The molecular weight excluding hydrogens is 386 g/mol. The number of carbonyl (C=O) groups excluding carboxylic acids is 1. The third-order valence-electron chi connectivity index (χ3n) is 4.33. The molecule has 1 amide bonds. The van der Waals surface area contributed by atoms with Crippen LogP contribution < -0.4 is 10.1 Å². The second kappa shape index (κ2) is 8.53. The van der Waals surface area contributed by atoms with Gasteiger partial charge >= 0.3 is 0 Å². The minimum atomic E-state index is -0.948. The van der Waals surface area contributed by atoms with Crippen LogP contribution in [0.3, 0.4) is 0 Å². The molecule has 3 aromatic carbocycles. The summed E-state index contributed by atoms with van der Waals surface area (Å²) < 4.78 is 32.2. The van der Waals surface area contributed by atoms with Crippen molar-refractivity contribution in [1.29, 1.82) is 0 Å². The summed E-state index contributed by atoms with van der Waals surface area (Å²) in [6.45, 7) is 0. The van der Waals surface area contributed by atoms with E-state index in [0.29, 0.717) is 28.3 Å². The maximum atomic E-state index is 13.4. The Balaban J connectivity index is 1.41. The summed E-state index contributed by atoms with van der Waals surface area (Å²) in [7, 11) is 0. The van der Waals surface area contributed by atoms with Gasteiger partial charge in [-0.3, -0.25) is 9.78 Å². The van der Waals surface area contributed by atoms with E-state index >= 15 is 0 Å². The SMILES string of the molecule is O=C(Nc1ccc(Oc2ccccc2)cc1)c1ccc(-c2ccc(F)c(F)c2)nc1. The third-order valence-corrected chi connectivity index (χ3v) is 4.33. The number of hydrogen-bond acceptors (Lipinski definition) is 3. The first-order valence-electron chi connectivity index (χ1n) is 9.14. The zero-order valence-electron chi connectivity index (χ0n) is 15.7. The van der Waals surface area contributed by atoms with Crippen LogP contribution in [-0.2, 0) is 0 Å². The quantitative estimate of drug-likeness (QED) is 0.441. The van der Waals surface area contributed by atoms with Crippen molar-refractivity contribution < 1.29 is 18.3 Å². The van der Waals surface area contributed by atoms with Gasteiger partial charge in [0.1, 0.15) is 11.5 Å². The summed E-state index contributed by atoms with van der Waals surface area (Å²) in [6.07, 6.45) is 1.39. The Morgan fingerprint density at radius 1 is 0.800 bits per heavy atom. The lowest BCUT2D eigenvalue weighted by atomic mass is 10.1. The number of para-hydroxylation sites is 1. The fourth-order valence-corrected chi connectivity index (χ4v) is 2.79. The van der Waals surface area contributed by atoms with Crippen LogP contribution in [0.5, 0.6) is 11.5 Å². The smallest absolute Gasteiger partial charge is 0.257 e. The standard InChI is InChI=1S/C24H16F2N2O2/c25-21-12-6-16(14-22(21)26)23-13-7-17(15-27-23)24(29)28-18-8-10-20(11-9-18)30-19-4-2-1-3-5-19/h1-15H,(H,28,29). The number of ether oxygens (including phenoxy) is 1. The Labute approximate surface area is 171 Å². The minimum Gasteiger partial charge on any atom is -0.457 e. The van der Waals surface area contributed by atoms with Crippen LogP contribution in [-0.4, -0.2) is 10.9 Å². The largest absolute Gasteiger partial charge is 0.457 e. The van der Waals surface area contributed by atoms with Crippen LogP contribution in [0.2, 0.25) is 0 Å². The van der Waals surface area contributed by atoms with E-state index in [1.165, 1.54) is 12.3 Å². The molecule has 0 saturated carbocycles. The maximum absolute atomic E-state index is 13.4. The van der Waals surface area contributed by atoms with Crippen molar-refractivity contribution >= 4 is 11.6 Å². The summed E-state index contributed by atoms with van der Waals surface area (Å²) in [5.41, 5.74) is 1.80. The molecule has 0 fully saturated rings. The zero-order chi connectivity index (χ0) is 20.9. The molecule has 148 valence electrons. The van der Waals surface area contributed by atoms with E-state index < -0.39 is 11.6 Å². The lowest BCUT2D eigenvalue weighted by Gasteiger charge is -2.08. The van der Waals surface area contributed by atoms with Gasteiger partial charge in [-0.2, -0.15) is 0 Å². The first kappa shape index (κ1) is 19.3. The van der Waals surface area contributed by atoms with Crippen LogP contribution in [0.4, 0.5) is 14.5 Å². The van der Waals surface area contributed by atoms with Gasteiger partial charge in [-0.15, -0.1) is 0 Å². The predicted molar refractivity (Wildman–Crippen MR) is 111 cm³/mol. The highest BCUT2D eigenvalue weighted by Gasteiger charge is 2.10. The molecule has 0 radical (unpaired) electrons. The maximum Gasteiger partial charge on any atom is 0.257 e. The first-order valence-corrected chi connectivity index (χ1v) is 9.14. The monoisotopic (exact) mass is 402 g/mol. The van der Waals surface area contributed by atoms with Crippen LogP contribution in [0.1, 0.15) is 10.4 Å².